The molecule has 0 bridgehead atoms. The molecule has 1 heterocycles. The van der Waals surface area contributed by atoms with Gasteiger partial charge in [-0.25, -0.2) is 0 Å². The lowest BCUT2D eigenvalue weighted by Gasteiger charge is -2.12. The minimum absolute atomic E-state index is 0.0905. The van der Waals surface area contributed by atoms with E-state index in [0.29, 0.717) is 4.91 Å². The third kappa shape index (κ3) is 4.37. The molecule has 5 nitrogen and oxygen atoms in total. The molecule has 7 heteroatoms. The molecule has 0 aliphatic carbocycles. The van der Waals surface area contributed by atoms with E-state index >= 15 is 0 Å². The number of sulfonamides is 1. The summed E-state index contributed by atoms with van der Waals surface area (Å²) in [5, 5.41) is 0.127. The number of benzene rings is 2. The predicted octanol–water partition coefficient (Wildman–Crippen LogP) is 3.84. The van der Waals surface area contributed by atoms with Gasteiger partial charge in [0.25, 0.3) is 15.9 Å². The highest BCUT2D eigenvalue weighted by Gasteiger charge is 2.34. The first kappa shape index (κ1) is 19.1. The summed E-state index contributed by atoms with van der Waals surface area (Å²) in [6.45, 7) is 5.70. The van der Waals surface area contributed by atoms with Crippen molar-refractivity contribution < 1.29 is 13.2 Å². The van der Waals surface area contributed by atoms with Crippen LogP contribution in [0, 0.1) is 6.92 Å². The number of nitrogens with zero attached hydrogens (tertiary/aromatic N) is 2. The summed E-state index contributed by atoms with van der Waals surface area (Å²) in [6, 6.07) is 15.8. The van der Waals surface area contributed by atoms with Crippen molar-refractivity contribution in [2.75, 3.05) is 6.54 Å². The molecule has 1 aliphatic rings. The van der Waals surface area contributed by atoms with Crippen molar-refractivity contribution in [2.45, 2.75) is 11.8 Å². The first-order valence-corrected chi connectivity index (χ1v) is 10.5. The molecule has 138 valence electrons. The van der Waals surface area contributed by atoms with Crippen LogP contribution in [-0.4, -0.2) is 30.9 Å². The number of rotatable bonds is 5. The molecule has 0 aromatic heterocycles. The quantitative estimate of drug-likeness (QED) is 0.567. The second-order valence-electron chi connectivity index (χ2n) is 5.89. The van der Waals surface area contributed by atoms with Gasteiger partial charge in [0.1, 0.15) is 0 Å². The highest BCUT2D eigenvalue weighted by molar-refractivity contribution is 8.19. The Hall–Kier alpha value is -2.64. The third-order valence-electron chi connectivity index (χ3n) is 3.81. The van der Waals surface area contributed by atoms with E-state index in [1.807, 2.05) is 37.3 Å². The molecule has 0 N–H and O–H groups in total. The molecule has 0 unspecified atom stereocenters. The number of amidine groups is 1. The molecule has 0 spiro atoms. The van der Waals surface area contributed by atoms with Gasteiger partial charge >= 0.3 is 0 Å². The second-order valence-corrected chi connectivity index (χ2v) is 8.50. The molecule has 0 saturated carbocycles. The normalized spacial score (nSPS) is 17.7. The minimum Gasteiger partial charge on any atom is -0.282 e. The van der Waals surface area contributed by atoms with Crippen molar-refractivity contribution in [1.29, 1.82) is 0 Å². The molecule has 1 saturated heterocycles. The molecule has 1 aliphatic heterocycles. The van der Waals surface area contributed by atoms with E-state index in [2.05, 4.69) is 11.0 Å². The molecular formula is C20H18N2O3S2. The van der Waals surface area contributed by atoms with Crippen LogP contribution in [0.1, 0.15) is 11.1 Å². The van der Waals surface area contributed by atoms with Gasteiger partial charge in [-0.3, -0.25) is 9.69 Å². The van der Waals surface area contributed by atoms with Gasteiger partial charge < -0.3 is 0 Å². The molecule has 0 atom stereocenters. The Morgan fingerprint density at radius 2 is 1.78 bits per heavy atom. The lowest BCUT2D eigenvalue weighted by atomic mass is 10.2. The Labute approximate surface area is 163 Å². The number of amides is 1. The van der Waals surface area contributed by atoms with Crippen LogP contribution in [0.25, 0.3) is 6.08 Å². The smallest absolute Gasteiger partial charge is 0.282 e. The van der Waals surface area contributed by atoms with Gasteiger partial charge in [-0.2, -0.15) is 8.42 Å². The van der Waals surface area contributed by atoms with E-state index in [9.17, 15) is 13.2 Å². The largest absolute Gasteiger partial charge is 0.284 e. The zero-order valence-corrected chi connectivity index (χ0v) is 16.3. The van der Waals surface area contributed by atoms with Crippen LogP contribution in [0.2, 0.25) is 0 Å². The van der Waals surface area contributed by atoms with Crippen LogP contribution >= 0.6 is 11.8 Å². The van der Waals surface area contributed by atoms with E-state index in [-0.39, 0.29) is 22.5 Å². The summed E-state index contributed by atoms with van der Waals surface area (Å²) in [5.74, 6) is -0.290. The summed E-state index contributed by atoms with van der Waals surface area (Å²) < 4.78 is 29.2. The van der Waals surface area contributed by atoms with Gasteiger partial charge in [-0.15, -0.1) is 11.0 Å². The summed E-state index contributed by atoms with van der Waals surface area (Å²) >= 11 is 1.05. The fourth-order valence-corrected chi connectivity index (χ4v) is 4.62. The predicted molar refractivity (Wildman–Crippen MR) is 110 cm³/mol. The standard InChI is InChI=1S/C20H18N2O3S2/c1-3-13-22-19(23)18(14-16-7-5-4-6-8-16)26-20(22)21-27(24,25)17-11-9-15(2)10-12-17/h3-12,14H,1,13H2,2H3/b18-14+,21-20?. The number of thioether (sulfide) groups is 1. The molecule has 0 radical (unpaired) electrons. The highest BCUT2D eigenvalue weighted by atomic mass is 32.2. The van der Waals surface area contributed by atoms with E-state index < -0.39 is 10.0 Å². The molecule has 2 aromatic carbocycles. The SMILES string of the molecule is C=CCN1C(=O)/C(=C\c2ccccc2)SC1=NS(=O)(=O)c1ccc(C)cc1. The Morgan fingerprint density at radius 1 is 1.11 bits per heavy atom. The number of carbonyl (C=O) groups is 1. The van der Waals surface area contributed by atoms with Crippen molar-refractivity contribution in [3.8, 4) is 0 Å². The van der Waals surface area contributed by atoms with Gasteiger partial charge in [0, 0.05) is 6.54 Å². The summed E-state index contributed by atoms with van der Waals surface area (Å²) in [5.41, 5.74) is 1.81. The van der Waals surface area contributed by atoms with Gasteiger partial charge in [-0.1, -0.05) is 54.1 Å². The zero-order valence-electron chi connectivity index (χ0n) is 14.7. The average molecular weight is 399 g/mol. The van der Waals surface area contributed by atoms with E-state index in [1.165, 1.54) is 23.1 Å². The topological polar surface area (TPSA) is 66.8 Å². The first-order chi connectivity index (χ1) is 12.9. The fraction of sp³-hybridized carbons (Fsp3) is 0.100. The Bertz CT molecular complexity index is 1020. The molecular weight excluding hydrogens is 380 g/mol. The number of aryl methyl sites for hydroxylation is 1. The lowest BCUT2D eigenvalue weighted by Crippen LogP contribution is -2.29. The van der Waals surface area contributed by atoms with E-state index in [0.717, 1.165) is 22.9 Å². The molecule has 2 aromatic rings. The summed E-state index contributed by atoms with van der Waals surface area (Å²) in [4.78, 5) is 14.5. The molecule has 3 rings (SSSR count). The maximum atomic E-state index is 12.7. The van der Waals surface area contributed by atoms with E-state index in [1.54, 1.807) is 18.2 Å². The van der Waals surface area contributed by atoms with Crippen molar-refractivity contribution in [2.24, 2.45) is 4.40 Å². The van der Waals surface area contributed by atoms with Crippen molar-refractivity contribution >= 4 is 38.9 Å². The molecule has 1 fully saturated rings. The number of carbonyl (C=O) groups excluding carboxylic acids is 1. The van der Waals surface area contributed by atoms with Gasteiger partial charge in [0.2, 0.25) is 0 Å². The van der Waals surface area contributed by atoms with Crippen molar-refractivity contribution in [1.82, 2.24) is 4.90 Å². The average Bonchev–Trinajstić information content (AvgIpc) is 2.91. The second kappa shape index (κ2) is 7.94. The van der Waals surface area contributed by atoms with Crippen LogP contribution in [0.5, 0.6) is 0 Å². The van der Waals surface area contributed by atoms with Gasteiger partial charge in [-0.05, 0) is 42.5 Å². The van der Waals surface area contributed by atoms with Crippen LogP contribution in [0.4, 0.5) is 0 Å². The van der Waals surface area contributed by atoms with Crippen LogP contribution in [-0.2, 0) is 14.8 Å². The maximum Gasteiger partial charge on any atom is 0.284 e. The van der Waals surface area contributed by atoms with Crippen LogP contribution in [0.3, 0.4) is 0 Å². The van der Waals surface area contributed by atoms with Crippen LogP contribution < -0.4 is 0 Å². The third-order valence-corrected chi connectivity index (χ3v) is 6.22. The Morgan fingerprint density at radius 3 is 2.41 bits per heavy atom. The first-order valence-electron chi connectivity index (χ1n) is 8.20. The lowest BCUT2D eigenvalue weighted by molar-refractivity contribution is -0.121. The number of hydrogen-bond donors (Lipinski definition) is 0. The summed E-state index contributed by atoms with van der Waals surface area (Å²) in [6.07, 6.45) is 3.27. The maximum absolute atomic E-state index is 12.7. The van der Waals surface area contributed by atoms with E-state index in [4.69, 9.17) is 0 Å². The summed E-state index contributed by atoms with van der Waals surface area (Å²) in [7, 11) is -3.92. The Kier molecular flexibility index (Phi) is 5.62. The Balaban J connectivity index is 1.99. The number of hydrogen-bond acceptors (Lipinski definition) is 4. The molecule has 1 amide bonds. The molecule has 27 heavy (non-hydrogen) atoms. The van der Waals surface area contributed by atoms with Crippen LogP contribution in [0.15, 0.2) is 81.5 Å². The van der Waals surface area contributed by atoms with Crippen molar-refractivity contribution in [3.63, 3.8) is 0 Å². The van der Waals surface area contributed by atoms with Gasteiger partial charge in [0.15, 0.2) is 5.17 Å². The van der Waals surface area contributed by atoms with Gasteiger partial charge in [0.05, 0.1) is 9.80 Å². The van der Waals surface area contributed by atoms with Crippen molar-refractivity contribution in [3.05, 3.63) is 83.3 Å². The highest BCUT2D eigenvalue weighted by Crippen LogP contribution is 2.33. The minimum atomic E-state index is -3.92. The zero-order chi connectivity index (χ0) is 19.4. The monoisotopic (exact) mass is 398 g/mol. The fourth-order valence-electron chi connectivity index (χ4n) is 2.43.